The van der Waals surface area contributed by atoms with Gasteiger partial charge < -0.3 is 14.8 Å². The fraction of sp³-hybridized carbons (Fsp3) is 0.647. The molecule has 0 bridgehead atoms. The third-order valence-electron chi connectivity index (χ3n) is 4.79. The topological polar surface area (TPSA) is 30.5 Å². The quantitative estimate of drug-likeness (QED) is 0.862. The molecule has 2 rings (SSSR count). The van der Waals surface area contributed by atoms with E-state index >= 15 is 0 Å². The molecule has 1 fully saturated rings. The van der Waals surface area contributed by atoms with Crippen molar-refractivity contribution in [1.82, 2.24) is 5.32 Å². The molecule has 1 N–H and O–H groups in total. The van der Waals surface area contributed by atoms with E-state index in [4.69, 9.17) is 9.47 Å². The Bertz CT molecular complexity index is 444. The van der Waals surface area contributed by atoms with Gasteiger partial charge in [-0.15, -0.1) is 0 Å². The molecule has 3 unspecified atom stereocenters. The molecule has 0 radical (unpaired) electrons. The number of para-hydroxylation sites is 1. The Morgan fingerprint density at radius 2 is 2.00 bits per heavy atom. The van der Waals surface area contributed by atoms with Gasteiger partial charge in [-0.25, -0.2) is 0 Å². The highest BCUT2D eigenvalue weighted by atomic mass is 16.5. The molecular weight excluding hydrogens is 250 g/mol. The summed E-state index contributed by atoms with van der Waals surface area (Å²) in [5.74, 6) is 0.965. The van der Waals surface area contributed by atoms with Gasteiger partial charge in [-0.2, -0.15) is 0 Å². The number of methoxy groups -OCH3 is 2. The number of hydrogen-bond donors (Lipinski definition) is 1. The lowest BCUT2D eigenvalue weighted by atomic mass is 9.64. The molecule has 3 atom stereocenters. The first-order valence-electron chi connectivity index (χ1n) is 7.46. The molecule has 0 aromatic heterocycles. The van der Waals surface area contributed by atoms with Crippen molar-refractivity contribution in [3.8, 4) is 5.75 Å². The Morgan fingerprint density at radius 1 is 1.30 bits per heavy atom. The molecule has 20 heavy (non-hydrogen) atoms. The van der Waals surface area contributed by atoms with Gasteiger partial charge in [-0.05, 0) is 18.9 Å². The number of nitrogens with one attached hydrogen (secondary N) is 1. The zero-order valence-electron chi connectivity index (χ0n) is 13.3. The number of rotatable bonds is 6. The Labute approximate surface area is 122 Å². The van der Waals surface area contributed by atoms with Crippen molar-refractivity contribution in [3.63, 3.8) is 0 Å². The normalized spacial score (nSPS) is 25.9. The van der Waals surface area contributed by atoms with Gasteiger partial charge in [0.2, 0.25) is 0 Å². The second-order valence-corrected chi connectivity index (χ2v) is 6.20. The van der Waals surface area contributed by atoms with E-state index < -0.39 is 0 Å². The van der Waals surface area contributed by atoms with Crippen LogP contribution in [-0.4, -0.2) is 26.4 Å². The fourth-order valence-electron chi connectivity index (χ4n) is 3.19. The van der Waals surface area contributed by atoms with Gasteiger partial charge >= 0.3 is 0 Å². The Balaban J connectivity index is 2.11. The van der Waals surface area contributed by atoms with Crippen LogP contribution in [0.4, 0.5) is 0 Å². The summed E-state index contributed by atoms with van der Waals surface area (Å²) in [5, 5.41) is 3.79. The zero-order valence-corrected chi connectivity index (χ0v) is 13.3. The molecule has 0 saturated heterocycles. The average molecular weight is 277 g/mol. The summed E-state index contributed by atoms with van der Waals surface area (Å²) in [6.45, 7) is 6.76. The van der Waals surface area contributed by atoms with Crippen LogP contribution in [0.1, 0.15) is 45.2 Å². The van der Waals surface area contributed by atoms with Crippen LogP contribution in [0.3, 0.4) is 0 Å². The highest BCUT2D eigenvalue weighted by molar-refractivity contribution is 5.36. The summed E-state index contributed by atoms with van der Waals surface area (Å²) in [5.41, 5.74) is 1.43. The van der Waals surface area contributed by atoms with Gasteiger partial charge in [0.15, 0.2) is 0 Å². The van der Waals surface area contributed by atoms with Gasteiger partial charge in [-0.1, -0.05) is 39.0 Å². The molecule has 1 aromatic carbocycles. The largest absolute Gasteiger partial charge is 0.496 e. The zero-order chi connectivity index (χ0) is 14.8. The van der Waals surface area contributed by atoms with Crippen LogP contribution in [0.25, 0.3) is 0 Å². The van der Waals surface area contributed by atoms with E-state index in [2.05, 4.69) is 38.2 Å². The van der Waals surface area contributed by atoms with Crippen LogP contribution in [0, 0.1) is 5.41 Å². The summed E-state index contributed by atoms with van der Waals surface area (Å²) in [7, 11) is 3.54. The highest BCUT2D eigenvalue weighted by Gasteiger charge is 2.49. The van der Waals surface area contributed by atoms with Crippen LogP contribution < -0.4 is 10.1 Å². The summed E-state index contributed by atoms with van der Waals surface area (Å²) in [6, 6.07) is 9.09. The molecule has 1 saturated carbocycles. The van der Waals surface area contributed by atoms with E-state index in [1.165, 1.54) is 5.56 Å². The van der Waals surface area contributed by atoms with Gasteiger partial charge in [0.25, 0.3) is 0 Å². The van der Waals surface area contributed by atoms with Gasteiger partial charge in [-0.3, -0.25) is 0 Å². The average Bonchev–Trinajstić information content (AvgIpc) is 2.47. The number of hydrogen-bond acceptors (Lipinski definition) is 3. The van der Waals surface area contributed by atoms with Crippen LogP contribution in [0.2, 0.25) is 0 Å². The van der Waals surface area contributed by atoms with Gasteiger partial charge in [0.1, 0.15) is 5.75 Å². The van der Waals surface area contributed by atoms with Crippen molar-refractivity contribution in [2.24, 2.45) is 5.41 Å². The maximum atomic E-state index is 5.53. The third-order valence-corrected chi connectivity index (χ3v) is 4.79. The second-order valence-electron chi connectivity index (χ2n) is 6.20. The van der Waals surface area contributed by atoms with Crippen molar-refractivity contribution in [3.05, 3.63) is 29.8 Å². The molecule has 1 aliphatic carbocycles. The van der Waals surface area contributed by atoms with E-state index in [-0.39, 0.29) is 5.41 Å². The first-order valence-corrected chi connectivity index (χ1v) is 7.46. The predicted molar refractivity (Wildman–Crippen MR) is 82.1 cm³/mol. The lowest BCUT2D eigenvalue weighted by Crippen LogP contribution is -2.61. The monoisotopic (exact) mass is 277 g/mol. The summed E-state index contributed by atoms with van der Waals surface area (Å²) < 4.78 is 11.0. The van der Waals surface area contributed by atoms with E-state index in [0.717, 1.165) is 18.6 Å². The van der Waals surface area contributed by atoms with Gasteiger partial charge in [0, 0.05) is 30.2 Å². The molecule has 112 valence electrons. The van der Waals surface area contributed by atoms with Crippen molar-refractivity contribution >= 4 is 0 Å². The van der Waals surface area contributed by atoms with E-state index in [0.29, 0.717) is 18.2 Å². The predicted octanol–water partition coefficient (Wildman–Crippen LogP) is 3.55. The Kier molecular flexibility index (Phi) is 4.71. The lowest BCUT2D eigenvalue weighted by Gasteiger charge is -2.52. The maximum Gasteiger partial charge on any atom is 0.123 e. The third kappa shape index (κ3) is 2.70. The van der Waals surface area contributed by atoms with Crippen LogP contribution in [-0.2, 0) is 4.74 Å². The minimum atomic E-state index is 0.185. The first-order chi connectivity index (χ1) is 9.54. The molecule has 0 spiro atoms. The molecule has 1 aromatic rings. The molecule has 3 heteroatoms. The smallest absolute Gasteiger partial charge is 0.123 e. The molecular formula is C17H27NO2. The van der Waals surface area contributed by atoms with Crippen LogP contribution in [0.5, 0.6) is 5.75 Å². The molecule has 1 aliphatic rings. The summed E-state index contributed by atoms with van der Waals surface area (Å²) in [4.78, 5) is 0. The maximum absolute atomic E-state index is 5.53. The molecule has 0 amide bonds. The summed E-state index contributed by atoms with van der Waals surface area (Å²) >= 11 is 0. The SMILES string of the molecule is CCC(NC1CC(OC)C1(C)C)c1ccccc1OC. The Morgan fingerprint density at radius 3 is 2.55 bits per heavy atom. The van der Waals surface area contributed by atoms with Crippen molar-refractivity contribution in [1.29, 1.82) is 0 Å². The van der Waals surface area contributed by atoms with Crippen molar-refractivity contribution in [2.45, 2.75) is 51.8 Å². The number of benzene rings is 1. The lowest BCUT2D eigenvalue weighted by molar-refractivity contribution is -0.101. The van der Waals surface area contributed by atoms with E-state index in [1.54, 1.807) is 14.2 Å². The van der Waals surface area contributed by atoms with E-state index in [1.807, 2.05) is 12.1 Å². The van der Waals surface area contributed by atoms with Gasteiger partial charge in [0.05, 0.1) is 13.2 Å². The second kappa shape index (κ2) is 6.15. The van der Waals surface area contributed by atoms with Crippen molar-refractivity contribution in [2.75, 3.05) is 14.2 Å². The minimum Gasteiger partial charge on any atom is -0.496 e. The number of ether oxygens (including phenoxy) is 2. The van der Waals surface area contributed by atoms with Crippen LogP contribution >= 0.6 is 0 Å². The summed E-state index contributed by atoms with van der Waals surface area (Å²) in [6.07, 6.45) is 2.48. The Hall–Kier alpha value is -1.06. The molecule has 0 aliphatic heterocycles. The highest BCUT2D eigenvalue weighted by Crippen LogP contribution is 2.44. The standard InChI is InChI=1S/C17H27NO2/c1-6-13(12-9-7-8-10-14(12)19-4)18-15-11-16(20-5)17(15,2)3/h7-10,13,15-16,18H,6,11H2,1-5H3. The molecule has 0 heterocycles. The molecule has 3 nitrogen and oxygen atoms in total. The fourth-order valence-corrected chi connectivity index (χ4v) is 3.19. The first kappa shape index (κ1) is 15.3. The van der Waals surface area contributed by atoms with Crippen molar-refractivity contribution < 1.29 is 9.47 Å². The van der Waals surface area contributed by atoms with Crippen LogP contribution in [0.15, 0.2) is 24.3 Å². The minimum absolute atomic E-state index is 0.185. The van der Waals surface area contributed by atoms with E-state index in [9.17, 15) is 0 Å².